The van der Waals surface area contributed by atoms with E-state index in [0.717, 1.165) is 61.3 Å². The molecule has 0 unspecified atom stereocenters. The second-order valence-electron chi connectivity index (χ2n) is 18.4. The van der Waals surface area contributed by atoms with Gasteiger partial charge in [-0.25, -0.2) is 9.97 Å². The van der Waals surface area contributed by atoms with Gasteiger partial charge in [0.2, 0.25) is 0 Å². The molecular weight excluding hydrogens is 861 g/mol. The minimum Gasteiger partial charge on any atom is -0.456 e. The predicted octanol–water partition coefficient (Wildman–Crippen LogP) is 18.7. The van der Waals surface area contributed by atoms with Gasteiger partial charge in [0.1, 0.15) is 11.3 Å². The Balaban J connectivity index is 0.840. The predicted molar refractivity (Wildman–Crippen MR) is 297 cm³/mol. The van der Waals surface area contributed by atoms with E-state index in [4.69, 9.17) is 14.4 Å². The van der Waals surface area contributed by atoms with Crippen LogP contribution in [0.1, 0.15) is 0 Å². The molecular formula is C68H42N2O. The lowest BCUT2D eigenvalue weighted by molar-refractivity contribution is 0.631. The third-order valence-electron chi connectivity index (χ3n) is 14.3. The smallest absolute Gasteiger partial charge is 0.160 e. The standard InChI is InChI=1S/C68H42N2O/c1-2-15-48(16-3-1)68-69-63(46-30-32-47(33-31-46)66-41-50-18-6-13-25-65(50)71-66)42-64(70-68)59-38-36-52(55-21-9-11-23-57(55)59)44-26-28-45(29-27-44)53-37-39-60(58-24-12-10-22-56(53)58)67-54-20-8-5-17-49(54)40-62-51-19-7-4-14-43(51)34-35-61(62)67/h1-42H. The number of furan rings is 1. The van der Waals surface area contributed by atoms with Crippen LogP contribution in [-0.4, -0.2) is 9.97 Å². The van der Waals surface area contributed by atoms with Gasteiger partial charge in [-0.2, -0.15) is 0 Å². The maximum Gasteiger partial charge on any atom is 0.160 e. The summed E-state index contributed by atoms with van der Waals surface area (Å²) in [5.74, 6) is 1.53. The highest BCUT2D eigenvalue weighted by Gasteiger charge is 2.19. The first kappa shape index (κ1) is 40.6. The number of hydrogen-bond acceptors (Lipinski definition) is 3. The zero-order valence-electron chi connectivity index (χ0n) is 38.6. The molecule has 2 heterocycles. The van der Waals surface area contributed by atoms with E-state index < -0.39 is 0 Å². The van der Waals surface area contributed by atoms with Crippen molar-refractivity contribution in [2.75, 3.05) is 0 Å². The minimum absolute atomic E-state index is 0.683. The van der Waals surface area contributed by atoms with Crippen LogP contribution in [0.5, 0.6) is 0 Å². The minimum atomic E-state index is 0.683. The molecule has 71 heavy (non-hydrogen) atoms. The van der Waals surface area contributed by atoms with Gasteiger partial charge in [0.25, 0.3) is 0 Å². The van der Waals surface area contributed by atoms with Gasteiger partial charge in [-0.1, -0.05) is 231 Å². The van der Waals surface area contributed by atoms with Gasteiger partial charge in [0.15, 0.2) is 5.82 Å². The Morgan fingerprint density at radius 3 is 1.45 bits per heavy atom. The fraction of sp³-hybridized carbons (Fsp3) is 0. The van der Waals surface area contributed by atoms with Gasteiger partial charge in [-0.15, -0.1) is 0 Å². The van der Waals surface area contributed by atoms with Crippen molar-refractivity contribution < 1.29 is 4.42 Å². The van der Waals surface area contributed by atoms with Crippen molar-refractivity contribution in [1.82, 2.24) is 9.97 Å². The van der Waals surface area contributed by atoms with Crippen LogP contribution in [0.25, 0.3) is 143 Å². The molecule has 0 atom stereocenters. The summed E-state index contributed by atoms with van der Waals surface area (Å²) in [4.78, 5) is 10.4. The van der Waals surface area contributed by atoms with Crippen LogP contribution in [-0.2, 0) is 0 Å². The third kappa shape index (κ3) is 6.97. The van der Waals surface area contributed by atoms with Gasteiger partial charge >= 0.3 is 0 Å². The number of para-hydroxylation sites is 1. The van der Waals surface area contributed by atoms with E-state index >= 15 is 0 Å². The Morgan fingerprint density at radius 1 is 0.254 bits per heavy atom. The van der Waals surface area contributed by atoms with Crippen molar-refractivity contribution in [2.45, 2.75) is 0 Å². The van der Waals surface area contributed by atoms with Crippen LogP contribution in [0.4, 0.5) is 0 Å². The van der Waals surface area contributed by atoms with Crippen LogP contribution >= 0.6 is 0 Å². The maximum absolute atomic E-state index is 6.20. The summed E-state index contributed by atoms with van der Waals surface area (Å²) in [6.45, 7) is 0. The van der Waals surface area contributed by atoms with Crippen LogP contribution in [0.2, 0.25) is 0 Å². The van der Waals surface area contributed by atoms with Gasteiger partial charge in [-0.05, 0) is 112 Å². The summed E-state index contributed by atoms with van der Waals surface area (Å²) in [7, 11) is 0. The van der Waals surface area contributed by atoms with Crippen molar-refractivity contribution >= 4 is 64.8 Å². The molecule has 0 radical (unpaired) electrons. The molecule has 0 aliphatic carbocycles. The van der Waals surface area contributed by atoms with E-state index in [-0.39, 0.29) is 0 Å². The summed E-state index contributed by atoms with van der Waals surface area (Å²) in [6, 6.07) is 91.4. The van der Waals surface area contributed by atoms with Crippen LogP contribution in [0, 0.1) is 0 Å². The first-order chi connectivity index (χ1) is 35.2. The van der Waals surface area contributed by atoms with Gasteiger partial charge in [0.05, 0.1) is 11.4 Å². The van der Waals surface area contributed by atoms with Crippen molar-refractivity contribution in [3.8, 4) is 78.6 Å². The molecule has 0 saturated heterocycles. The fourth-order valence-electron chi connectivity index (χ4n) is 10.9. The topological polar surface area (TPSA) is 38.9 Å². The average Bonchev–Trinajstić information content (AvgIpc) is 3.89. The molecule has 0 aliphatic heterocycles. The fourth-order valence-corrected chi connectivity index (χ4v) is 10.9. The molecule has 14 aromatic rings. The second kappa shape index (κ2) is 16.7. The van der Waals surface area contributed by atoms with Crippen molar-refractivity contribution in [3.05, 3.63) is 255 Å². The van der Waals surface area contributed by atoms with E-state index in [1.54, 1.807) is 0 Å². The lowest BCUT2D eigenvalue weighted by Crippen LogP contribution is -1.96. The zero-order valence-corrected chi connectivity index (χ0v) is 38.6. The highest BCUT2D eigenvalue weighted by Crippen LogP contribution is 2.45. The molecule has 0 saturated carbocycles. The average molecular weight is 903 g/mol. The van der Waals surface area contributed by atoms with Crippen molar-refractivity contribution in [3.63, 3.8) is 0 Å². The van der Waals surface area contributed by atoms with Crippen LogP contribution < -0.4 is 0 Å². The lowest BCUT2D eigenvalue weighted by Gasteiger charge is -2.17. The first-order valence-corrected chi connectivity index (χ1v) is 24.2. The summed E-state index contributed by atoms with van der Waals surface area (Å²) in [6.07, 6.45) is 0. The monoisotopic (exact) mass is 902 g/mol. The maximum atomic E-state index is 6.20. The number of nitrogens with zero attached hydrogens (tertiary/aromatic N) is 2. The molecule has 0 spiro atoms. The van der Waals surface area contributed by atoms with Crippen molar-refractivity contribution in [2.24, 2.45) is 0 Å². The number of aromatic nitrogens is 2. The summed E-state index contributed by atoms with van der Waals surface area (Å²) >= 11 is 0. The molecule has 0 fully saturated rings. The molecule has 2 aromatic heterocycles. The normalized spacial score (nSPS) is 11.7. The van der Waals surface area contributed by atoms with Gasteiger partial charge < -0.3 is 4.42 Å². The van der Waals surface area contributed by atoms with Crippen LogP contribution in [0.15, 0.2) is 259 Å². The molecule has 0 aliphatic rings. The number of benzene rings is 12. The number of fused-ring (bicyclic) bond motifs is 7. The first-order valence-electron chi connectivity index (χ1n) is 24.2. The Hall–Kier alpha value is -9.44. The Bertz CT molecular complexity index is 4350. The summed E-state index contributed by atoms with van der Waals surface area (Å²) < 4.78 is 6.20. The molecule has 3 nitrogen and oxygen atoms in total. The van der Waals surface area contributed by atoms with Crippen molar-refractivity contribution in [1.29, 1.82) is 0 Å². The van der Waals surface area contributed by atoms with E-state index in [9.17, 15) is 0 Å². The largest absolute Gasteiger partial charge is 0.456 e. The second-order valence-corrected chi connectivity index (χ2v) is 18.4. The molecule has 330 valence electrons. The Morgan fingerprint density at radius 2 is 0.761 bits per heavy atom. The molecule has 12 aromatic carbocycles. The van der Waals surface area contributed by atoms with Gasteiger partial charge in [0, 0.05) is 27.6 Å². The molecule has 0 amide bonds. The van der Waals surface area contributed by atoms with E-state index in [1.165, 1.54) is 76.3 Å². The van der Waals surface area contributed by atoms with Crippen LogP contribution in [0.3, 0.4) is 0 Å². The van der Waals surface area contributed by atoms with E-state index in [2.05, 4.69) is 218 Å². The zero-order chi connectivity index (χ0) is 46.8. The number of hydrogen-bond donors (Lipinski definition) is 0. The third-order valence-corrected chi connectivity index (χ3v) is 14.3. The molecule has 0 N–H and O–H groups in total. The van der Waals surface area contributed by atoms with E-state index in [1.807, 2.05) is 36.4 Å². The molecule has 0 bridgehead atoms. The molecule has 3 heteroatoms. The highest BCUT2D eigenvalue weighted by molar-refractivity contribution is 6.23. The van der Waals surface area contributed by atoms with E-state index in [0.29, 0.717) is 5.82 Å². The Labute approximate surface area is 410 Å². The number of rotatable bonds is 7. The highest BCUT2D eigenvalue weighted by atomic mass is 16.3. The summed E-state index contributed by atoms with van der Waals surface area (Å²) in [5.41, 5.74) is 13.9. The van der Waals surface area contributed by atoms with Gasteiger partial charge in [-0.3, -0.25) is 0 Å². The Kier molecular flexibility index (Phi) is 9.53. The lowest BCUT2D eigenvalue weighted by atomic mass is 9.86. The quantitative estimate of drug-likeness (QED) is 0.118. The molecule has 14 rings (SSSR count). The SMILES string of the molecule is c1ccc(-c2nc(-c3ccc(-c4cc5ccccc5o4)cc3)cc(-c3ccc(-c4ccc(-c5ccc(-c6c7ccccc7cc7c6ccc6ccccc67)c6ccccc56)cc4)c4ccccc34)n2)cc1. The summed E-state index contributed by atoms with van der Waals surface area (Å²) in [5, 5.41) is 13.4.